The Labute approximate surface area is 215 Å². The van der Waals surface area contributed by atoms with E-state index in [1.54, 1.807) is 32.9 Å². The molecule has 0 aliphatic rings. The molecule has 1 aromatic heterocycles. The summed E-state index contributed by atoms with van der Waals surface area (Å²) in [6, 6.07) is 14.1. The first kappa shape index (κ1) is 28.2. The van der Waals surface area contributed by atoms with Crippen molar-refractivity contribution in [1.82, 2.24) is 9.78 Å². The van der Waals surface area contributed by atoms with Gasteiger partial charge in [-0.05, 0) is 70.0 Å². The molecular weight excluding hydrogens is 483 g/mol. The molecule has 3 rings (SSSR count). The number of alkyl halides is 3. The van der Waals surface area contributed by atoms with Crippen LogP contribution in [0.5, 0.6) is 5.75 Å². The van der Waals surface area contributed by atoms with Gasteiger partial charge < -0.3 is 15.2 Å². The number of aryl methyl sites for hydroxylation is 1. The number of ether oxygens (including phenoxy) is 2. The second-order valence-electron chi connectivity index (χ2n) is 9.77. The highest BCUT2D eigenvalue weighted by molar-refractivity contribution is 5.79. The van der Waals surface area contributed by atoms with Gasteiger partial charge in [0.2, 0.25) is 0 Å². The monoisotopic (exact) mass is 517 g/mol. The molecule has 1 heterocycles. The second kappa shape index (κ2) is 11.0. The highest BCUT2D eigenvalue weighted by atomic mass is 19.4. The first-order valence-corrected chi connectivity index (χ1v) is 12.3. The molecule has 0 radical (unpaired) electrons. The van der Waals surface area contributed by atoms with E-state index in [4.69, 9.17) is 15.2 Å². The maximum Gasteiger partial charge on any atom is 0.416 e. The third-order valence-electron chi connectivity index (χ3n) is 6.01. The van der Waals surface area contributed by atoms with Gasteiger partial charge in [0.25, 0.3) is 0 Å². The van der Waals surface area contributed by atoms with Gasteiger partial charge in [-0.15, -0.1) is 0 Å². The number of nitrogens with two attached hydrogens (primary N) is 1. The van der Waals surface area contributed by atoms with E-state index < -0.39 is 28.8 Å². The summed E-state index contributed by atoms with van der Waals surface area (Å²) in [7, 11) is 0. The van der Waals surface area contributed by atoms with Crippen LogP contribution >= 0.6 is 0 Å². The highest BCUT2D eigenvalue weighted by Gasteiger charge is 2.32. The van der Waals surface area contributed by atoms with Crippen molar-refractivity contribution in [2.24, 2.45) is 5.73 Å². The molecule has 0 amide bonds. The molecule has 0 bridgehead atoms. The van der Waals surface area contributed by atoms with E-state index in [-0.39, 0.29) is 6.61 Å². The van der Waals surface area contributed by atoms with E-state index in [1.807, 2.05) is 36.7 Å². The van der Waals surface area contributed by atoms with Gasteiger partial charge >= 0.3 is 12.1 Å². The molecule has 0 aliphatic carbocycles. The lowest BCUT2D eigenvalue weighted by Crippen LogP contribution is -2.39. The fourth-order valence-corrected chi connectivity index (χ4v) is 4.00. The van der Waals surface area contributed by atoms with Crippen LogP contribution in [0.3, 0.4) is 0 Å². The van der Waals surface area contributed by atoms with Gasteiger partial charge in [0, 0.05) is 29.8 Å². The van der Waals surface area contributed by atoms with Crippen LogP contribution in [-0.4, -0.2) is 28.0 Å². The van der Waals surface area contributed by atoms with Crippen LogP contribution in [0.25, 0.3) is 11.3 Å². The summed E-state index contributed by atoms with van der Waals surface area (Å²) in [4.78, 5) is 12.1. The molecule has 0 saturated carbocycles. The molecule has 2 N–H and O–H groups in total. The average Bonchev–Trinajstić information content (AvgIpc) is 3.20. The van der Waals surface area contributed by atoms with E-state index in [0.717, 1.165) is 29.8 Å². The van der Waals surface area contributed by atoms with Crippen LogP contribution in [0.4, 0.5) is 13.2 Å². The SMILES string of the molecule is CCCn1nc(-c2ccc(C(F)(F)F)cc2)cc1CC(C)(N)c1ccc(OC(C)(C)C(=O)OCC)cc1. The predicted octanol–water partition coefficient (Wildman–Crippen LogP) is 6.12. The van der Waals surface area contributed by atoms with Crippen LogP contribution in [-0.2, 0) is 34.2 Å². The number of aromatic nitrogens is 2. The summed E-state index contributed by atoms with van der Waals surface area (Å²) in [5.41, 5.74) is 7.07. The molecule has 3 aromatic rings. The van der Waals surface area contributed by atoms with Crippen LogP contribution in [0, 0.1) is 0 Å². The number of esters is 1. The molecule has 0 saturated heterocycles. The number of halogens is 3. The highest BCUT2D eigenvalue weighted by Crippen LogP contribution is 2.32. The standard InChI is InChI=1S/C28H34F3N3O3/c1-6-16-34-22(17-24(33-34)19-8-10-21(11-9-19)28(29,30)31)18-27(5,32)20-12-14-23(15-13-20)37-26(3,4)25(35)36-7-2/h8-15,17H,6-7,16,18,32H2,1-5H3. The minimum absolute atomic E-state index is 0.269. The van der Waals surface area contributed by atoms with E-state index in [0.29, 0.717) is 30.0 Å². The minimum atomic E-state index is -4.39. The van der Waals surface area contributed by atoms with E-state index in [9.17, 15) is 18.0 Å². The van der Waals surface area contributed by atoms with E-state index in [2.05, 4.69) is 5.10 Å². The number of hydrogen-bond acceptors (Lipinski definition) is 5. The van der Waals surface area contributed by atoms with Gasteiger partial charge in [0.05, 0.1) is 17.9 Å². The lowest BCUT2D eigenvalue weighted by atomic mass is 9.88. The Morgan fingerprint density at radius 3 is 2.11 bits per heavy atom. The summed E-state index contributed by atoms with van der Waals surface area (Å²) in [5, 5.41) is 4.64. The number of benzene rings is 2. The predicted molar refractivity (Wildman–Crippen MR) is 136 cm³/mol. The fourth-order valence-electron chi connectivity index (χ4n) is 4.00. The molecule has 2 aromatic carbocycles. The van der Waals surface area contributed by atoms with Crippen molar-refractivity contribution >= 4 is 5.97 Å². The van der Waals surface area contributed by atoms with E-state index in [1.165, 1.54) is 12.1 Å². The van der Waals surface area contributed by atoms with Gasteiger partial charge in [-0.2, -0.15) is 18.3 Å². The smallest absolute Gasteiger partial charge is 0.416 e. The lowest BCUT2D eigenvalue weighted by Gasteiger charge is -2.27. The van der Waals surface area contributed by atoms with E-state index >= 15 is 0 Å². The molecule has 37 heavy (non-hydrogen) atoms. The van der Waals surface area contributed by atoms with Crippen molar-refractivity contribution in [3.05, 3.63) is 71.4 Å². The van der Waals surface area contributed by atoms with Crippen LogP contribution in [0.15, 0.2) is 54.6 Å². The van der Waals surface area contributed by atoms with Crippen molar-refractivity contribution in [1.29, 1.82) is 0 Å². The number of carbonyl (C=O) groups excluding carboxylic acids is 1. The maximum atomic E-state index is 12.9. The summed E-state index contributed by atoms with van der Waals surface area (Å²) in [6.45, 7) is 9.90. The summed E-state index contributed by atoms with van der Waals surface area (Å²) in [6.07, 6.45) is -3.10. The van der Waals surface area contributed by atoms with Crippen molar-refractivity contribution in [2.45, 2.75) is 71.3 Å². The van der Waals surface area contributed by atoms with Gasteiger partial charge in [-0.25, -0.2) is 4.79 Å². The average molecular weight is 518 g/mol. The third kappa shape index (κ3) is 6.91. The quantitative estimate of drug-likeness (QED) is 0.328. The first-order chi connectivity index (χ1) is 17.3. The minimum Gasteiger partial charge on any atom is -0.476 e. The van der Waals surface area contributed by atoms with Gasteiger partial charge in [0.1, 0.15) is 5.75 Å². The van der Waals surface area contributed by atoms with Gasteiger partial charge in [-0.1, -0.05) is 31.2 Å². The zero-order valence-corrected chi connectivity index (χ0v) is 21.9. The fraction of sp³-hybridized carbons (Fsp3) is 0.429. The Morgan fingerprint density at radius 2 is 1.57 bits per heavy atom. The van der Waals surface area contributed by atoms with Gasteiger partial charge in [-0.3, -0.25) is 4.68 Å². The molecule has 0 spiro atoms. The molecular formula is C28H34F3N3O3. The lowest BCUT2D eigenvalue weighted by molar-refractivity contribution is -0.158. The second-order valence-corrected chi connectivity index (χ2v) is 9.77. The molecule has 6 nitrogen and oxygen atoms in total. The Kier molecular flexibility index (Phi) is 8.37. The third-order valence-corrected chi connectivity index (χ3v) is 6.01. The molecule has 1 atom stereocenters. The topological polar surface area (TPSA) is 79.4 Å². The summed E-state index contributed by atoms with van der Waals surface area (Å²) < 4.78 is 51.6. The Morgan fingerprint density at radius 1 is 0.973 bits per heavy atom. The van der Waals surface area contributed by atoms with Crippen molar-refractivity contribution in [3.8, 4) is 17.0 Å². The summed E-state index contributed by atoms with van der Waals surface area (Å²) in [5.74, 6) is 0.0639. The first-order valence-electron chi connectivity index (χ1n) is 12.3. The van der Waals surface area contributed by atoms with Crippen LogP contribution < -0.4 is 10.5 Å². The number of hydrogen-bond donors (Lipinski definition) is 1. The molecule has 9 heteroatoms. The Hall–Kier alpha value is -3.33. The largest absolute Gasteiger partial charge is 0.476 e. The number of nitrogens with zero attached hydrogens (tertiary/aromatic N) is 2. The Balaban J connectivity index is 1.81. The Bertz CT molecular complexity index is 1200. The van der Waals surface area contributed by atoms with Gasteiger partial charge in [0.15, 0.2) is 5.60 Å². The van der Waals surface area contributed by atoms with Crippen molar-refractivity contribution in [2.75, 3.05) is 6.61 Å². The normalized spacial score (nSPS) is 13.8. The maximum absolute atomic E-state index is 12.9. The zero-order chi connectivity index (χ0) is 27.4. The number of carbonyl (C=O) groups is 1. The van der Waals surface area contributed by atoms with Crippen LogP contribution in [0.2, 0.25) is 0 Å². The molecule has 0 aliphatic heterocycles. The van der Waals surface area contributed by atoms with Crippen LogP contribution in [0.1, 0.15) is 57.9 Å². The molecule has 0 fully saturated rings. The summed E-state index contributed by atoms with van der Waals surface area (Å²) >= 11 is 0. The zero-order valence-electron chi connectivity index (χ0n) is 21.9. The molecule has 1 unspecified atom stereocenters. The number of rotatable bonds is 10. The molecule has 200 valence electrons. The van der Waals surface area contributed by atoms with Crippen molar-refractivity contribution < 1.29 is 27.4 Å². The van der Waals surface area contributed by atoms with Crippen molar-refractivity contribution in [3.63, 3.8) is 0 Å².